The molecule has 0 radical (unpaired) electrons. The van der Waals surface area contributed by atoms with Gasteiger partial charge in [0.25, 0.3) is 11.6 Å². The predicted octanol–water partition coefficient (Wildman–Crippen LogP) is 4.56. The second kappa shape index (κ2) is 8.43. The number of halogens is 1. The monoisotopic (exact) mass is 480 g/mol. The number of hydroxylamine groups is 2. The molecule has 0 saturated heterocycles. The molecule has 0 bridgehead atoms. The van der Waals surface area contributed by atoms with Gasteiger partial charge in [0.15, 0.2) is 0 Å². The van der Waals surface area contributed by atoms with E-state index < -0.39 is 16.6 Å². The summed E-state index contributed by atoms with van der Waals surface area (Å²) in [6.07, 6.45) is 1.36. The molecule has 1 unspecified atom stereocenters. The summed E-state index contributed by atoms with van der Waals surface area (Å²) in [6, 6.07) is 21.8. The highest BCUT2D eigenvalue weighted by molar-refractivity contribution is 9.10. The van der Waals surface area contributed by atoms with E-state index in [1.165, 1.54) is 30.3 Å². The predicted molar refractivity (Wildman–Crippen MR) is 117 cm³/mol. The third kappa shape index (κ3) is 4.13. The highest BCUT2D eigenvalue weighted by atomic mass is 79.9. The molecule has 8 heteroatoms. The summed E-state index contributed by atoms with van der Waals surface area (Å²) in [4.78, 5) is 29.7. The lowest BCUT2D eigenvalue weighted by atomic mass is 10.0. The number of hydrogen-bond donors (Lipinski definition) is 1. The van der Waals surface area contributed by atoms with Crippen LogP contribution in [0.1, 0.15) is 16.7 Å². The second-order valence-electron chi connectivity index (χ2n) is 6.96. The van der Waals surface area contributed by atoms with Gasteiger partial charge in [-0.05, 0) is 29.3 Å². The number of benzene rings is 3. The standard InChI is InChI=1S/C23H17BrN2O5/c24-19-10-4-8-17(12-19)21-14-23(28,18-9-5-11-20(13-18)26(29)30)25(22(21)27)31-15-16-6-2-1-3-7-16/h1-14,28H,15H2. The zero-order chi connectivity index (χ0) is 22.0. The van der Waals surface area contributed by atoms with E-state index in [4.69, 9.17) is 4.84 Å². The fourth-order valence-electron chi connectivity index (χ4n) is 3.37. The SMILES string of the molecule is O=C1C(c2cccc(Br)c2)=CC(O)(c2cccc([N+](=O)[O-])c2)N1OCc1ccccc1. The average molecular weight is 481 g/mol. The first kappa shape index (κ1) is 20.9. The molecule has 1 heterocycles. The van der Waals surface area contributed by atoms with E-state index in [-0.39, 0.29) is 23.4 Å². The van der Waals surface area contributed by atoms with Gasteiger partial charge in [0, 0.05) is 22.2 Å². The number of nitrogens with zero attached hydrogens (tertiary/aromatic N) is 2. The maximum absolute atomic E-state index is 13.3. The van der Waals surface area contributed by atoms with Gasteiger partial charge in [-0.15, -0.1) is 0 Å². The van der Waals surface area contributed by atoms with Crippen LogP contribution in [0.5, 0.6) is 0 Å². The molecule has 0 aliphatic carbocycles. The Bertz CT molecular complexity index is 1180. The van der Waals surface area contributed by atoms with Gasteiger partial charge in [-0.1, -0.05) is 70.5 Å². The second-order valence-corrected chi connectivity index (χ2v) is 7.88. The van der Waals surface area contributed by atoms with E-state index in [2.05, 4.69) is 15.9 Å². The fraction of sp³-hybridized carbons (Fsp3) is 0.0870. The van der Waals surface area contributed by atoms with Gasteiger partial charge in [0.05, 0.1) is 10.5 Å². The molecular formula is C23H17BrN2O5. The van der Waals surface area contributed by atoms with Gasteiger partial charge in [0.2, 0.25) is 5.72 Å². The molecule has 1 N–H and O–H groups in total. The Morgan fingerprint density at radius 3 is 2.48 bits per heavy atom. The molecule has 0 aromatic heterocycles. The molecule has 1 amide bonds. The first-order valence-corrected chi connectivity index (χ1v) is 10.2. The van der Waals surface area contributed by atoms with Crippen LogP contribution < -0.4 is 0 Å². The third-order valence-corrected chi connectivity index (χ3v) is 5.38. The topological polar surface area (TPSA) is 92.9 Å². The van der Waals surface area contributed by atoms with E-state index in [0.29, 0.717) is 5.56 Å². The summed E-state index contributed by atoms with van der Waals surface area (Å²) in [5.41, 5.74) is -0.473. The van der Waals surface area contributed by atoms with Gasteiger partial charge in [-0.2, -0.15) is 5.06 Å². The van der Waals surface area contributed by atoms with Crippen LogP contribution in [-0.2, 0) is 22.0 Å². The zero-order valence-electron chi connectivity index (χ0n) is 16.1. The molecule has 3 aromatic carbocycles. The average Bonchev–Trinajstić information content (AvgIpc) is 3.04. The Hall–Kier alpha value is -3.33. The van der Waals surface area contributed by atoms with Crippen LogP contribution in [0.25, 0.3) is 5.57 Å². The number of aliphatic hydroxyl groups is 1. The van der Waals surface area contributed by atoms with Crippen molar-refractivity contribution in [1.82, 2.24) is 5.06 Å². The van der Waals surface area contributed by atoms with Crippen molar-refractivity contribution in [2.75, 3.05) is 0 Å². The van der Waals surface area contributed by atoms with Crippen molar-refractivity contribution in [2.45, 2.75) is 12.3 Å². The molecule has 1 aliphatic heterocycles. The lowest BCUT2D eigenvalue weighted by Crippen LogP contribution is -2.44. The molecule has 1 atom stereocenters. The van der Waals surface area contributed by atoms with E-state index in [1.54, 1.807) is 18.2 Å². The summed E-state index contributed by atoms with van der Waals surface area (Å²) in [7, 11) is 0. The first-order chi connectivity index (χ1) is 14.9. The molecule has 156 valence electrons. The smallest absolute Gasteiger partial charge is 0.281 e. The normalized spacial score (nSPS) is 18.2. The van der Waals surface area contributed by atoms with Crippen molar-refractivity contribution in [3.05, 3.63) is 116 Å². The van der Waals surface area contributed by atoms with E-state index in [1.807, 2.05) is 36.4 Å². The summed E-state index contributed by atoms with van der Waals surface area (Å²) in [5.74, 6) is -0.553. The molecule has 31 heavy (non-hydrogen) atoms. The van der Waals surface area contributed by atoms with Gasteiger partial charge >= 0.3 is 0 Å². The van der Waals surface area contributed by atoms with Crippen molar-refractivity contribution in [1.29, 1.82) is 0 Å². The van der Waals surface area contributed by atoms with Crippen molar-refractivity contribution >= 4 is 33.1 Å². The molecular weight excluding hydrogens is 464 g/mol. The van der Waals surface area contributed by atoms with Crippen molar-refractivity contribution in [3.8, 4) is 0 Å². The highest BCUT2D eigenvalue weighted by Crippen LogP contribution is 2.40. The first-order valence-electron chi connectivity index (χ1n) is 9.36. The Balaban J connectivity index is 1.77. The van der Waals surface area contributed by atoms with Crippen LogP contribution in [-0.4, -0.2) is 21.0 Å². The summed E-state index contributed by atoms with van der Waals surface area (Å²) >= 11 is 3.38. The minimum absolute atomic E-state index is 0.0312. The van der Waals surface area contributed by atoms with Crippen LogP contribution >= 0.6 is 15.9 Å². The summed E-state index contributed by atoms with van der Waals surface area (Å²) in [6.45, 7) is 0.0312. The molecule has 4 rings (SSSR count). The van der Waals surface area contributed by atoms with Gasteiger partial charge in [0.1, 0.15) is 6.61 Å². The lowest BCUT2D eigenvalue weighted by molar-refractivity contribution is -0.385. The molecule has 7 nitrogen and oxygen atoms in total. The molecule has 3 aromatic rings. The number of carbonyl (C=O) groups excluding carboxylic acids is 1. The van der Waals surface area contributed by atoms with E-state index in [0.717, 1.165) is 15.1 Å². The Labute approximate surface area is 186 Å². The minimum Gasteiger partial charge on any atom is -0.362 e. The molecule has 1 aliphatic rings. The van der Waals surface area contributed by atoms with Crippen LogP contribution in [0.15, 0.2) is 89.4 Å². The summed E-state index contributed by atoms with van der Waals surface area (Å²) in [5, 5.41) is 23.7. The number of nitro groups is 1. The maximum atomic E-state index is 13.3. The Kier molecular flexibility index (Phi) is 5.69. The zero-order valence-corrected chi connectivity index (χ0v) is 17.7. The molecule has 0 spiro atoms. The lowest BCUT2D eigenvalue weighted by Gasteiger charge is -2.32. The number of rotatable bonds is 6. The van der Waals surface area contributed by atoms with Crippen LogP contribution in [0.2, 0.25) is 0 Å². The van der Waals surface area contributed by atoms with Crippen molar-refractivity contribution < 1.29 is 19.7 Å². The van der Waals surface area contributed by atoms with E-state index >= 15 is 0 Å². The number of nitro benzene ring substituents is 1. The Morgan fingerprint density at radius 1 is 1.03 bits per heavy atom. The highest BCUT2D eigenvalue weighted by Gasteiger charge is 2.47. The van der Waals surface area contributed by atoms with Gasteiger partial charge in [-0.3, -0.25) is 19.7 Å². The van der Waals surface area contributed by atoms with Gasteiger partial charge < -0.3 is 5.11 Å². The molecule has 0 saturated carbocycles. The van der Waals surface area contributed by atoms with Crippen LogP contribution in [0.4, 0.5) is 5.69 Å². The number of hydrogen-bond acceptors (Lipinski definition) is 5. The van der Waals surface area contributed by atoms with Crippen molar-refractivity contribution in [2.24, 2.45) is 0 Å². The quantitative estimate of drug-likeness (QED) is 0.412. The fourth-order valence-corrected chi connectivity index (χ4v) is 3.77. The number of non-ortho nitro benzene ring substituents is 1. The maximum Gasteiger partial charge on any atom is 0.281 e. The molecule has 0 fully saturated rings. The largest absolute Gasteiger partial charge is 0.362 e. The third-order valence-electron chi connectivity index (χ3n) is 4.89. The number of carbonyl (C=O) groups is 1. The van der Waals surface area contributed by atoms with Crippen molar-refractivity contribution in [3.63, 3.8) is 0 Å². The van der Waals surface area contributed by atoms with E-state index in [9.17, 15) is 20.0 Å². The van der Waals surface area contributed by atoms with Gasteiger partial charge in [-0.25, -0.2) is 0 Å². The van der Waals surface area contributed by atoms with Crippen LogP contribution in [0.3, 0.4) is 0 Å². The number of amides is 1. The Morgan fingerprint density at radius 2 is 1.77 bits per heavy atom. The van der Waals surface area contributed by atoms with Crippen LogP contribution in [0, 0.1) is 10.1 Å². The minimum atomic E-state index is -2.02. The summed E-state index contributed by atoms with van der Waals surface area (Å²) < 4.78 is 0.765.